The van der Waals surface area contributed by atoms with Crippen LogP contribution in [0.25, 0.3) is 0 Å². The molecule has 10 heavy (non-hydrogen) atoms. The lowest BCUT2D eigenvalue weighted by atomic mass is 10.3. The maximum Gasteiger partial charge on any atom is 0.506 e. The highest BCUT2D eigenvalue weighted by Crippen LogP contribution is 1.91. The van der Waals surface area contributed by atoms with E-state index in [1.807, 2.05) is 0 Å². The normalized spacial score (nSPS) is 24.2. The highest BCUT2D eigenvalue weighted by atomic mass is 16.7. The minimum Gasteiger partial charge on any atom is -0.450 e. The summed E-state index contributed by atoms with van der Waals surface area (Å²) in [5.41, 5.74) is 0. The molecule has 0 bridgehead atoms. The molecule has 0 aromatic heterocycles. The van der Waals surface area contributed by atoms with Crippen LogP contribution >= 0.6 is 0 Å². The van der Waals surface area contributed by atoms with E-state index in [-0.39, 0.29) is 0 Å². The Morgan fingerprint density at radius 2 is 2.70 bits per heavy atom. The number of aliphatic imine (C=N–C) groups is 1. The molecule has 56 valence electrons. The van der Waals surface area contributed by atoms with Gasteiger partial charge >= 0.3 is 6.16 Å². The molecule has 2 N–H and O–H groups in total. The monoisotopic (exact) mass is 144 g/mol. The Bertz CT molecular complexity index is 157. The van der Waals surface area contributed by atoms with Gasteiger partial charge in [0.1, 0.15) is 0 Å². The first-order chi connectivity index (χ1) is 4.79. The molecule has 0 aromatic carbocycles. The van der Waals surface area contributed by atoms with E-state index in [1.54, 1.807) is 0 Å². The molecule has 5 heteroatoms. The van der Waals surface area contributed by atoms with E-state index in [1.165, 1.54) is 6.21 Å². The van der Waals surface area contributed by atoms with E-state index in [9.17, 15) is 4.79 Å². The molecule has 0 aliphatic carbocycles. The fraction of sp³-hybridized carbons (Fsp3) is 0.600. The van der Waals surface area contributed by atoms with Gasteiger partial charge in [0.2, 0.25) is 0 Å². The molecular formula is C5H8N2O3. The number of hydrogen-bond donors (Lipinski definition) is 2. The third-order valence-corrected chi connectivity index (χ3v) is 1.07. The molecule has 0 saturated heterocycles. The largest absolute Gasteiger partial charge is 0.506 e. The Morgan fingerprint density at radius 3 is 3.20 bits per heavy atom. The van der Waals surface area contributed by atoms with E-state index < -0.39 is 12.3 Å². The topological polar surface area (TPSA) is 70.9 Å². The Morgan fingerprint density at radius 1 is 1.90 bits per heavy atom. The fourth-order valence-electron chi connectivity index (χ4n) is 0.696. The SMILES string of the molecule is O=C(O)OC1C=NCNC1. The summed E-state index contributed by atoms with van der Waals surface area (Å²) in [7, 11) is 0. The van der Waals surface area contributed by atoms with Crippen molar-refractivity contribution in [2.24, 2.45) is 4.99 Å². The van der Waals surface area contributed by atoms with Gasteiger partial charge in [-0.15, -0.1) is 0 Å². The summed E-state index contributed by atoms with van der Waals surface area (Å²) in [4.78, 5) is 13.7. The molecule has 1 heterocycles. The van der Waals surface area contributed by atoms with Crippen molar-refractivity contribution >= 4 is 12.4 Å². The number of carboxylic acid groups (broad SMARTS) is 1. The van der Waals surface area contributed by atoms with E-state index in [0.29, 0.717) is 13.2 Å². The van der Waals surface area contributed by atoms with Crippen molar-refractivity contribution in [2.75, 3.05) is 13.2 Å². The zero-order valence-corrected chi connectivity index (χ0v) is 5.28. The molecule has 1 unspecified atom stereocenters. The summed E-state index contributed by atoms with van der Waals surface area (Å²) < 4.78 is 4.40. The number of carbonyl (C=O) groups is 1. The molecule has 0 fully saturated rings. The molecule has 0 saturated carbocycles. The van der Waals surface area contributed by atoms with Crippen molar-refractivity contribution in [2.45, 2.75) is 6.10 Å². The first kappa shape index (κ1) is 7.01. The van der Waals surface area contributed by atoms with Crippen molar-refractivity contribution in [3.63, 3.8) is 0 Å². The minimum absolute atomic E-state index is 0.425. The summed E-state index contributed by atoms with van der Waals surface area (Å²) in [6, 6.07) is 0. The van der Waals surface area contributed by atoms with E-state index in [4.69, 9.17) is 5.11 Å². The molecular weight excluding hydrogens is 136 g/mol. The lowest BCUT2D eigenvalue weighted by Gasteiger charge is -2.14. The standard InChI is InChI=1S/C5H8N2O3/c8-5(9)10-4-1-6-3-7-2-4/h1,4,7H,2-3H2,(H,8,9). The van der Waals surface area contributed by atoms with E-state index in [2.05, 4.69) is 15.0 Å². The highest BCUT2D eigenvalue weighted by molar-refractivity contribution is 5.68. The van der Waals surface area contributed by atoms with E-state index >= 15 is 0 Å². The Hall–Kier alpha value is -1.10. The Kier molecular flexibility index (Phi) is 2.22. The van der Waals surface area contributed by atoms with Gasteiger partial charge in [0, 0.05) is 12.8 Å². The van der Waals surface area contributed by atoms with Gasteiger partial charge in [-0.05, 0) is 0 Å². The van der Waals surface area contributed by atoms with Crippen LogP contribution < -0.4 is 5.32 Å². The second kappa shape index (κ2) is 3.17. The average molecular weight is 144 g/mol. The maximum absolute atomic E-state index is 9.96. The molecule has 0 spiro atoms. The van der Waals surface area contributed by atoms with Crippen LogP contribution in [0.1, 0.15) is 0 Å². The minimum atomic E-state index is -1.26. The highest BCUT2D eigenvalue weighted by Gasteiger charge is 2.12. The van der Waals surface area contributed by atoms with Crippen molar-refractivity contribution < 1.29 is 14.6 Å². The van der Waals surface area contributed by atoms with Gasteiger partial charge in [0.05, 0.1) is 6.67 Å². The number of nitrogens with one attached hydrogen (secondary N) is 1. The maximum atomic E-state index is 9.96. The molecule has 1 atom stereocenters. The second-order valence-corrected chi connectivity index (χ2v) is 1.87. The van der Waals surface area contributed by atoms with Crippen LogP contribution in [0.4, 0.5) is 4.79 Å². The lowest BCUT2D eigenvalue weighted by molar-refractivity contribution is 0.0754. The summed E-state index contributed by atoms with van der Waals surface area (Å²) in [6.07, 6.45) is -0.198. The van der Waals surface area contributed by atoms with Gasteiger partial charge in [0.15, 0.2) is 6.10 Å². The van der Waals surface area contributed by atoms with Gasteiger partial charge < -0.3 is 9.84 Å². The number of rotatable bonds is 1. The van der Waals surface area contributed by atoms with Crippen LogP contribution in [0, 0.1) is 0 Å². The van der Waals surface area contributed by atoms with Gasteiger partial charge in [-0.2, -0.15) is 0 Å². The van der Waals surface area contributed by atoms with Crippen LogP contribution in [-0.4, -0.2) is 36.8 Å². The number of nitrogens with zero attached hydrogens (tertiary/aromatic N) is 1. The number of ether oxygens (including phenoxy) is 1. The zero-order valence-electron chi connectivity index (χ0n) is 5.28. The van der Waals surface area contributed by atoms with Crippen molar-refractivity contribution in [1.29, 1.82) is 0 Å². The lowest BCUT2D eigenvalue weighted by Crippen LogP contribution is -2.35. The third kappa shape index (κ3) is 2.02. The quantitative estimate of drug-likeness (QED) is 0.495. The summed E-state index contributed by atoms with van der Waals surface area (Å²) in [5, 5.41) is 11.0. The summed E-state index contributed by atoms with van der Waals surface area (Å²) in [6.45, 7) is 1.05. The second-order valence-electron chi connectivity index (χ2n) is 1.87. The Labute approximate surface area is 57.7 Å². The van der Waals surface area contributed by atoms with Crippen LogP contribution in [0.5, 0.6) is 0 Å². The van der Waals surface area contributed by atoms with Gasteiger partial charge in [-0.1, -0.05) is 0 Å². The van der Waals surface area contributed by atoms with Crippen LogP contribution in [0.15, 0.2) is 4.99 Å². The zero-order chi connectivity index (χ0) is 7.40. The van der Waals surface area contributed by atoms with Crippen LogP contribution in [-0.2, 0) is 4.74 Å². The fourth-order valence-corrected chi connectivity index (χ4v) is 0.696. The molecule has 5 nitrogen and oxygen atoms in total. The molecule has 0 amide bonds. The van der Waals surface area contributed by atoms with Crippen LogP contribution in [0.3, 0.4) is 0 Å². The molecule has 0 aromatic rings. The summed E-state index contributed by atoms with van der Waals surface area (Å²) >= 11 is 0. The average Bonchev–Trinajstić information content (AvgIpc) is 1.88. The third-order valence-electron chi connectivity index (χ3n) is 1.07. The molecule has 0 radical (unpaired) electrons. The first-order valence-electron chi connectivity index (χ1n) is 2.89. The molecule has 1 aliphatic rings. The smallest absolute Gasteiger partial charge is 0.450 e. The van der Waals surface area contributed by atoms with Crippen molar-refractivity contribution in [3.05, 3.63) is 0 Å². The van der Waals surface area contributed by atoms with Crippen molar-refractivity contribution in [1.82, 2.24) is 5.32 Å². The van der Waals surface area contributed by atoms with Gasteiger partial charge in [0.25, 0.3) is 0 Å². The van der Waals surface area contributed by atoms with Crippen molar-refractivity contribution in [3.8, 4) is 0 Å². The van der Waals surface area contributed by atoms with Crippen LogP contribution in [0.2, 0.25) is 0 Å². The predicted molar refractivity (Wildman–Crippen MR) is 34.3 cm³/mol. The molecule has 1 aliphatic heterocycles. The predicted octanol–water partition coefficient (Wildman–Crippen LogP) is -0.319. The summed E-state index contributed by atoms with van der Waals surface area (Å²) in [5.74, 6) is 0. The first-order valence-corrected chi connectivity index (χ1v) is 2.89. The Balaban J connectivity index is 2.33. The van der Waals surface area contributed by atoms with Gasteiger partial charge in [-0.25, -0.2) is 4.79 Å². The molecule has 1 rings (SSSR count). The number of hydrogen-bond acceptors (Lipinski definition) is 4. The van der Waals surface area contributed by atoms with E-state index in [0.717, 1.165) is 0 Å². The van der Waals surface area contributed by atoms with Gasteiger partial charge in [-0.3, -0.25) is 10.3 Å².